The van der Waals surface area contributed by atoms with Crippen LogP contribution in [0.4, 0.5) is 5.82 Å². The number of rotatable bonds is 4. The number of hydrogen-bond donors (Lipinski definition) is 1. The summed E-state index contributed by atoms with van der Waals surface area (Å²) in [7, 11) is 1.90. The molecular weight excluding hydrogens is 460 g/mol. The summed E-state index contributed by atoms with van der Waals surface area (Å²) < 4.78 is 7.26. The number of pyridine rings is 1. The average Bonchev–Trinajstić information content (AvgIpc) is 3.44. The second-order valence-corrected chi connectivity index (χ2v) is 9.31. The average molecular weight is 487 g/mol. The van der Waals surface area contributed by atoms with Crippen LogP contribution in [-0.2, 0) is 27.9 Å². The van der Waals surface area contributed by atoms with Crippen molar-refractivity contribution >= 4 is 23.5 Å². The van der Waals surface area contributed by atoms with Gasteiger partial charge in [-0.1, -0.05) is 6.07 Å². The standard InChI is InChI=1S/C26H26N6O4/c1-30-24(17-3-6-22(27-13-17)31-8-10-36-11-9-31)20(14-28-30)16-2-4-19-18(12-16)15-32(26(19)35)21-5-7-23(33)29-25(21)34/h2-4,6,12-14,21H,5,7-11,15H2,1H3,(H,29,33,34). The van der Waals surface area contributed by atoms with Crippen LogP contribution < -0.4 is 10.2 Å². The van der Waals surface area contributed by atoms with Gasteiger partial charge in [0.2, 0.25) is 11.8 Å². The molecule has 0 saturated carbocycles. The van der Waals surface area contributed by atoms with Gasteiger partial charge in [0.15, 0.2) is 0 Å². The van der Waals surface area contributed by atoms with Gasteiger partial charge in [0.25, 0.3) is 5.91 Å². The molecule has 0 spiro atoms. The van der Waals surface area contributed by atoms with E-state index < -0.39 is 11.9 Å². The highest BCUT2D eigenvalue weighted by molar-refractivity contribution is 6.05. The topological polar surface area (TPSA) is 110 Å². The van der Waals surface area contributed by atoms with Crippen LogP contribution in [0.25, 0.3) is 22.4 Å². The number of anilines is 1. The molecule has 0 aliphatic carbocycles. The maximum atomic E-state index is 13.1. The highest BCUT2D eigenvalue weighted by Crippen LogP contribution is 2.35. The van der Waals surface area contributed by atoms with Crippen molar-refractivity contribution in [3.63, 3.8) is 0 Å². The Morgan fingerprint density at radius 1 is 1.00 bits per heavy atom. The number of fused-ring (bicyclic) bond motifs is 1. The second-order valence-electron chi connectivity index (χ2n) is 9.31. The number of imide groups is 1. The molecule has 5 heterocycles. The van der Waals surface area contributed by atoms with Crippen molar-refractivity contribution in [3.05, 3.63) is 53.9 Å². The molecular formula is C26H26N6O4. The zero-order valence-corrected chi connectivity index (χ0v) is 19.9. The first kappa shape index (κ1) is 22.4. The molecule has 2 fully saturated rings. The van der Waals surface area contributed by atoms with E-state index in [0.29, 0.717) is 31.7 Å². The number of amides is 3. The van der Waals surface area contributed by atoms with Gasteiger partial charge in [-0.3, -0.25) is 24.4 Å². The van der Waals surface area contributed by atoms with Crippen LogP contribution in [0.1, 0.15) is 28.8 Å². The summed E-state index contributed by atoms with van der Waals surface area (Å²) in [5.41, 5.74) is 5.20. The predicted octanol–water partition coefficient (Wildman–Crippen LogP) is 1.75. The number of morpholine rings is 1. The lowest BCUT2D eigenvalue weighted by atomic mass is 9.98. The van der Waals surface area contributed by atoms with Crippen LogP contribution in [0, 0.1) is 0 Å². The van der Waals surface area contributed by atoms with Crippen molar-refractivity contribution in [2.24, 2.45) is 7.05 Å². The number of carbonyl (C=O) groups is 3. The number of aryl methyl sites for hydroxylation is 1. The Labute approximate surface area is 207 Å². The Morgan fingerprint density at radius 3 is 2.56 bits per heavy atom. The predicted molar refractivity (Wildman–Crippen MR) is 131 cm³/mol. The summed E-state index contributed by atoms with van der Waals surface area (Å²) in [5.74, 6) is 0.0465. The van der Waals surface area contributed by atoms with E-state index in [0.717, 1.165) is 46.9 Å². The molecule has 0 bridgehead atoms. The maximum absolute atomic E-state index is 13.1. The van der Waals surface area contributed by atoms with Crippen LogP contribution in [-0.4, -0.2) is 69.7 Å². The first-order chi connectivity index (χ1) is 17.5. The fourth-order valence-electron chi connectivity index (χ4n) is 5.24. The number of aromatic nitrogens is 3. The lowest BCUT2D eigenvalue weighted by Crippen LogP contribution is -2.52. The molecule has 2 saturated heterocycles. The number of piperidine rings is 1. The molecule has 3 amide bonds. The first-order valence-electron chi connectivity index (χ1n) is 12.1. The van der Waals surface area contributed by atoms with Crippen LogP contribution >= 0.6 is 0 Å². The molecule has 1 aromatic carbocycles. The van der Waals surface area contributed by atoms with Gasteiger partial charge in [0.05, 0.1) is 25.1 Å². The Hall–Kier alpha value is -4.05. The third kappa shape index (κ3) is 3.83. The highest BCUT2D eigenvalue weighted by atomic mass is 16.5. The highest BCUT2D eigenvalue weighted by Gasteiger charge is 2.39. The van der Waals surface area contributed by atoms with Crippen molar-refractivity contribution in [1.29, 1.82) is 0 Å². The Morgan fingerprint density at radius 2 is 1.81 bits per heavy atom. The van der Waals surface area contributed by atoms with Crippen LogP contribution in [0.15, 0.2) is 42.7 Å². The molecule has 36 heavy (non-hydrogen) atoms. The summed E-state index contributed by atoms with van der Waals surface area (Å²) in [6.07, 6.45) is 4.27. The lowest BCUT2D eigenvalue weighted by Gasteiger charge is -2.29. The van der Waals surface area contributed by atoms with E-state index in [4.69, 9.17) is 9.72 Å². The van der Waals surface area contributed by atoms with Gasteiger partial charge in [-0.15, -0.1) is 0 Å². The molecule has 3 aliphatic rings. The summed E-state index contributed by atoms with van der Waals surface area (Å²) in [5, 5.41) is 6.84. The van der Waals surface area contributed by atoms with Gasteiger partial charge >= 0.3 is 0 Å². The molecule has 10 heteroatoms. The Kier molecular flexibility index (Phi) is 5.52. The third-order valence-electron chi connectivity index (χ3n) is 7.13. The van der Waals surface area contributed by atoms with Gasteiger partial charge in [0, 0.05) is 56.0 Å². The number of nitrogens with one attached hydrogen (secondary N) is 1. The molecule has 3 aliphatic heterocycles. The quantitative estimate of drug-likeness (QED) is 0.560. The van der Waals surface area contributed by atoms with Gasteiger partial charge in [-0.25, -0.2) is 4.98 Å². The van der Waals surface area contributed by atoms with Crippen molar-refractivity contribution in [1.82, 2.24) is 25.0 Å². The van der Waals surface area contributed by atoms with Crippen LogP contribution in [0.2, 0.25) is 0 Å². The van der Waals surface area contributed by atoms with Crippen molar-refractivity contribution in [2.45, 2.75) is 25.4 Å². The molecule has 184 valence electrons. The summed E-state index contributed by atoms with van der Waals surface area (Å²) >= 11 is 0. The third-order valence-corrected chi connectivity index (χ3v) is 7.13. The largest absolute Gasteiger partial charge is 0.378 e. The summed E-state index contributed by atoms with van der Waals surface area (Å²) in [6, 6.07) is 9.18. The van der Waals surface area contributed by atoms with E-state index in [1.54, 1.807) is 4.90 Å². The van der Waals surface area contributed by atoms with Gasteiger partial charge < -0.3 is 14.5 Å². The molecule has 1 atom stereocenters. The van der Waals surface area contributed by atoms with Crippen molar-refractivity contribution in [2.75, 3.05) is 31.2 Å². The van der Waals surface area contributed by atoms with E-state index in [9.17, 15) is 14.4 Å². The molecule has 0 radical (unpaired) electrons. The van der Waals surface area contributed by atoms with Crippen molar-refractivity contribution in [3.8, 4) is 22.4 Å². The smallest absolute Gasteiger partial charge is 0.255 e. The number of hydrogen-bond acceptors (Lipinski definition) is 7. The Bertz CT molecular complexity index is 1360. The fourth-order valence-corrected chi connectivity index (χ4v) is 5.24. The number of nitrogens with zero attached hydrogens (tertiary/aromatic N) is 5. The number of ether oxygens (including phenoxy) is 1. The van der Waals surface area contributed by atoms with E-state index in [2.05, 4.69) is 21.4 Å². The van der Waals surface area contributed by atoms with E-state index in [1.807, 2.05) is 48.4 Å². The van der Waals surface area contributed by atoms with Crippen LogP contribution in [0.5, 0.6) is 0 Å². The molecule has 1 N–H and O–H groups in total. The first-order valence-corrected chi connectivity index (χ1v) is 12.1. The van der Waals surface area contributed by atoms with Crippen molar-refractivity contribution < 1.29 is 19.1 Å². The summed E-state index contributed by atoms with van der Waals surface area (Å²) in [6.45, 7) is 3.40. The molecule has 6 rings (SSSR count). The zero-order chi connectivity index (χ0) is 24.8. The van der Waals surface area contributed by atoms with Crippen LogP contribution in [0.3, 0.4) is 0 Å². The number of benzene rings is 1. The van der Waals surface area contributed by atoms with Gasteiger partial charge in [-0.05, 0) is 41.8 Å². The zero-order valence-electron chi connectivity index (χ0n) is 19.9. The molecule has 2 aromatic heterocycles. The fraction of sp³-hybridized carbons (Fsp3) is 0.346. The minimum absolute atomic E-state index is 0.180. The SMILES string of the molecule is Cn1ncc(-c2ccc3c(c2)CN(C2CCC(=O)NC2=O)C3=O)c1-c1ccc(N2CCOCC2)nc1. The van der Waals surface area contributed by atoms with Gasteiger partial charge in [0.1, 0.15) is 11.9 Å². The molecule has 1 unspecified atom stereocenters. The number of carbonyl (C=O) groups excluding carboxylic acids is 3. The van der Waals surface area contributed by atoms with E-state index >= 15 is 0 Å². The molecule has 10 nitrogen and oxygen atoms in total. The lowest BCUT2D eigenvalue weighted by molar-refractivity contribution is -0.136. The second kappa shape index (κ2) is 8.87. The normalized spacial score (nSPS) is 20.0. The summed E-state index contributed by atoms with van der Waals surface area (Å²) in [4.78, 5) is 45.4. The maximum Gasteiger partial charge on any atom is 0.255 e. The van der Waals surface area contributed by atoms with E-state index in [-0.39, 0.29) is 18.2 Å². The molecule has 3 aromatic rings. The Balaban J connectivity index is 1.28. The minimum Gasteiger partial charge on any atom is -0.378 e. The van der Waals surface area contributed by atoms with E-state index in [1.165, 1.54) is 0 Å². The monoisotopic (exact) mass is 486 g/mol. The van der Waals surface area contributed by atoms with Gasteiger partial charge in [-0.2, -0.15) is 5.10 Å². The minimum atomic E-state index is -0.629.